The van der Waals surface area contributed by atoms with Gasteiger partial charge in [0.2, 0.25) is 6.41 Å². The molecule has 1 aromatic heterocycles. The highest BCUT2D eigenvalue weighted by Gasteiger charge is 2.09. The van der Waals surface area contributed by atoms with Crippen LogP contribution in [0.5, 0.6) is 0 Å². The van der Waals surface area contributed by atoms with Gasteiger partial charge in [-0.25, -0.2) is 5.43 Å². The zero-order valence-corrected chi connectivity index (χ0v) is 11.0. The molecule has 20 heavy (non-hydrogen) atoms. The number of para-hydroxylation sites is 1. The first kappa shape index (κ1) is 12.5. The Morgan fingerprint density at radius 3 is 2.75 bits per heavy atom. The molecule has 2 aromatic carbocycles. The zero-order valence-electron chi connectivity index (χ0n) is 11.0. The Hall–Kier alpha value is -2.53. The van der Waals surface area contributed by atoms with Crippen LogP contribution >= 0.6 is 0 Å². The third-order valence-corrected chi connectivity index (χ3v) is 3.42. The highest BCUT2D eigenvalue weighted by atomic mass is 16.1. The molecule has 1 amide bonds. The third-order valence-electron chi connectivity index (χ3n) is 3.42. The Kier molecular flexibility index (Phi) is 3.26. The average Bonchev–Trinajstić information content (AvgIpc) is 2.78. The molecule has 0 unspecified atom stereocenters. The number of carbonyl (C=O) groups excluding carboxylic acids is 1. The van der Waals surface area contributed by atoms with Crippen LogP contribution in [-0.4, -0.2) is 17.5 Å². The van der Waals surface area contributed by atoms with E-state index < -0.39 is 0 Å². The number of carbonyl (C=O) groups is 1. The summed E-state index contributed by atoms with van der Waals surface area (Å²) in [5, 5.41) is 2.35. The van der Waals surface area contributed by atoms with Crippen molar-refractivity contribution in [1.82, 2.24) is 15.4 Å². The van der Waals surface area contributed by atoms with Gasteiger partial charge < -0.3 is 10.3 Å². The van der Waals surface area contributed by atoms with Gasteiger partial charge in [0.15, 0.2) is 0 Å². The number of fused-ring (bicyclic) bond motifs is 3. The van der Waals surface area contributed by atoms with Crippen molar-refractivity contribution >= 4 is 33.9 Å². The Morgan fingerprint density at radius 1 is 1.10 bits per heavy atom. The molecule has 102 valence electrons. The van der Waals surface area contributed by atoms with E-state index in [0.717, 1.165) is 23.1 Å². The number of nitrogen functional groups attached to an aromatic ring is 1. The van der Waals surface area contributed by atoms with Gasteiger partial charge in [-0.15, -0.1) is 0 Å². The largest absolute Gasteiger partial charge is 0.399 e. The maximum absolute atomic E-state index is 10.2. The van der Waals surface area contributed by atoms with Gasteiger partial charge in [0.05, 0.1) is 0 Å². The Bertz CT molecular complexity index is 763. The van der Waals surface area contributed by atoms with Gasteiger partial charge in [0, 0.05) is 40.6 Å². The summed E-state index contributed by atoms with van der Waals surface area (Å²) in [6, 6.07) is 14.2. The molecule has 0 atom stereocenters. The molecule has 0 bridgehead atoms. The van der Waals surface area contributed by atoms with Crippen LogP contribution < -0.4 is 16.6 Å². The number of hydrazine groups is 1. The number of aromatic nitrogens is 1. The van der Waals surface area contributed by atoms with Gasteiger partial charge in [-0.05, 0) is 24.3 Å². The second kappa shape index (κ2) is 5.22. The molecule has 0 spiro atoms. The Labute approximate surface area is 116 Å². The summed E-state index contributed by atoms with van der Waals surface area (Å²) in [6.07, 6.45) is 0.632. The summed E-state index contributed by atoms with van der Waals surface area (Å²) >= 11 is 0. The molecule has 3 aromatic rings. The number of anilines is 1. The minimum Gasteiger partial charge on any atom is -0.399 e. The van der Waals surface area contributed by atoms with E-state index in [9.17, 15) is 4.79 Å². The highest BCUT2D eigenvalue weighted by molar-refractivity contribution is 6.08. The van der Waals surface area contributed by atoms with Crippen LogP contribution in [0.1, 0.15) is 0 Å². The van der Waals surface area contributed by atoms with E-state index in [0.29, 0.717) is 13.0 Å². The molecule has 0 saturated carbocycles. The molecule has 0 radical (unpaired) electrons. The summed E-state index contributed by atoms with van der Waals surface area (Å²) in [6.45, 7) is 1.41. The van der Waals surface area contributed by atoms with Crippen molar-refractivity contribution in [2.45, 2.75) is 6.54 Å². The smallest absolute Gasteiger partial charge is 0.221 e. The summed E-state index contributed by atoms with van der Waals surface area (Å²) in [7, 11) is 0. The molecule has 1 heterocycles. The van der Waals surface area contributed by atoms with Crippen molar-refractivity contribution in [3.63, 3.8) is 0 Å². The zero-order chi connectivity index (χ0) is 13.9. The van der Waals surface area contributed by atoms with Crippen LogP contribution in [0.2, 0.25) is 0 Å². The monoisotopic (exact) mass is 268 g/mol. The van der Waals surface area contributed by atoms with E-state index >= 15 is 0 Å². The summed E-state index contributed by atoms with van der Waals surface area (Å²) < 4.78 is 2.23. The van der Waals surface area contributed by atoms with Gasteiger partial charge in [0.25, 0.3) is 0 Å². The number of hydrogen-bond acceptors (Lipinski definition) is 3. The van der Waals surface area contributed by atoms with Gasteiger partial charge in [-0.2, -0.15) is 0 Å². The number of nitrogens with two attached hydrogens (primary N) is 1. The molecule has 0 aliphatic carbocycles. The van der Waals surface area contributed by atoms with Crippen molar-refractivity contribution in [2.24, 2.45) is 0 Å². The molecule has 3 rings (SSSR count). The molecule has 0 saturated heterocycles. The molecule has 0 fully saturated rings. The fraction of sp³-hybridized carbons (Fsp3) is 0.133. The Balaban J connectivity index is 2.09. The average molecular weight is 268 g/mol. The second-order valence-electron chi connectivity index (χ2n) is 4.63. The molecule has 0 aliphatic heterocycles. The number of rotatable bonds is 5. The van der Waals surface area contributed by atoms with Crippen molar-refractivity contribution in [1.29, 1.82) is 0 Å². The summed E-state index contributed by atoms with van der Waals surface area (Å²) in [5.41, 5.74) is 14.3. The van der Waals surface area contributed by atoms with Crippen molar-refractivity contribution in [3.05, 3.63) is 42.5 Å². The quantitative estimate of drug-likeness (QED) is 0.285. The minimum atomic E-state index is 0.632. The Morgan fingerprint density at radius 2 is 1.90 bits per heavy atom. The maximum atomic E-state index is 10.2. The molecule has 5 heteroatoms. The van der Waals surface area contributed by atoms with E-state index in [1.165, 1.54) is 10.9 Å². The molecule has 4 N–H and O–H groups in total. The van der Waals surface area contributed by atoms with E-state index in [1.807, 2.05) is 30.3 Å². The van der Waals surface area contributed by atoms with Crippen LogP contribution in [0.4, 0.5) is 5.69 Å². The fourth-order valence-electron chi connectivity index (χ4n) is 2.59. The van der Waals surface area contributed by atoms with Crippen LogP contribution in [0, 0.1) is 0 Å². The predicted molar refractivity (Wildman–Crippen MR) is 81.1 cm³/mol. The maximum Gasteiger partial charge on any atom is 0.221 e. The van der Waals surface area contributed by atoms with Crippen molar-refractivity contribution < 1.29 is 4.79 Å². The highest BCUT2D eigenvalue weighted by Crippen LogP contribution is 2.30. The van der Waals surface area contributed by atoms with Crippen LogP contribution in [-0.2, 0) is 11.3 Å². The molecular weight excluding hydrogens is 252 g/mol. The number of nitrogens with one attached hydrogen (secondary N) is 2. The van der Waals surface area contributed by atoms with Crippen molar-refractivity contribution in [3.8, 4) is 0 Å². The SMILES string of the molecule is Nc1ccc2c(c1)c1ccccc1n2CCNNC=O. The number of nitrogens with zero attached hydrogens (tertiary/aromatic N) is 1. The van der Waals surface area contributed by atoms with E-state index in [4.69, 9.17) is 5.73 Å². The van der Waals surface area contributed by atoms with Crippen LogP contribution in [0.25, 0.3) is 21.8 Å². The van der Waals surface area contributed by atoms with E-state index in [1.54, 1.807) is 0 Å². The normalized spacial score (nSPS) is 11.0. The lowest BCUT2D eigenvalue weighted by molar-refractivity contribution is -0.110. The third kappa shape index (κ3) is 2.08. The fourth-order valence-corrected chi connectivity index (χ4v) is 2.59. The number of benzene rings is 2. The molecule has 0 aliphatic rings. The topological polar surface area (TPSA) is 72.1 Å². The van der Waals surface area contributed by atoms with Crippen LogP contribution in [0.3, 0.4) is 0 Å². The standard InChI is InChI=1S/C15H16N4O/c16-11-5-6-15-13(9-11)12-3-1-2-4-14(12)19(15)8-7-17-18-10-20/h1-6,9-10,17H,7-8,16H2,(H,18,20). The molecular formula is C15H16N4O. The lowest BCUT2D eigenvalue weighted by atomic mass is 10.1. The predicted octanol–water partition coefficient (Wildman–Crippen LogP) is 1.63. The first-order valence-corrected chi connectivity index (χ1v) is 6.50. The van der Waals surface area contributed by atoms with E-state index in [2.05, 4.69) is 27.6 Å². The van der Waals surface area contributed by atoms with Gasteiger partial charge in [0.1, 0.15) is 0 Å². The van der Waals surface area contributed by atoms with Gasteiger partial charge >= 0.3 is 0 Å². The summed E-state index contributed by atoms with van der Waals surface area (Å²) in [5.74, 6) is 0. The molecule has 5 nitrogen and oxygen atoms in total. The van der Waals surface area contributed by atoms with E-state index in [-0.39, 0.29) is 0 Å². The van der Waals surface area contributed by atoms with Gasteiger partial charge in [-0.1, -0.05) is 18.2 Å². The lowest BCUT2D eigenvalue weighted by Crippen LogP contribution is -2.33. The lowest BCUT2D eigenvalue weighted by Gasteiger charge is -2.08. The minimum absolute atomic E-state index is 0.632. The number of hydrogen-bond donors (Lipinski definition) is 3. The number of amides is 1. The van der Waals surface area contributed by atoms with Gasteiger partial charge in [-0.3, -0.25) is 10.2 Å². The second-order valence-corrected chi connectivity index (χ2v) is 4.63. The first-order valence-electron chi connectivity index (χ1n) is 6.50. The van der Waals surface area contributed by atoms with Crippen molar-refractivity contribution in [2.75, 3.05) is 12.3 Å². The first-order chi connectivity index (χ1) is 9.81. The van der Waals surface area contributed by atoms with Crippen LogP contribution in [0.15, 0.2) is 42.5 Å². The summed E-state index contributed by atoms with van der Waals surface area (Å²) in [4.78, 5) is 10.2.